The molecule has 0 radical (unpaired) electrons. The van der Waals surface area contributed by atoms with E-state index in [0.717, 1.165) is 35.7 Å². The summed E-state index contributed by atoms with van der Waals surface area (Å²) in [5.74, 6) is 0. The molecule has 0 fully saturated rings. The molecule has 2 rings (SSSR count). The van der Waals surface area contributed by atoms with Gasteiger partial charge in [0, 0.05) is 29.9 Å². The Kier molecular flexibility index (Phi) is 3.57. The Balaban J connectivity index is 1.98. The number of nitrogens with one attached hydrogen (secondary N) is 1. The summed E-state index contributed by atoms with van der Waals surface area (Å²) >= 11 is 1.61. The van der Waals surface area contributed by atoms with Crippen molar-refractivity contribution in [3.05, 3.63) is 39.6 Å². The van der Waals surface area contributed by atoms with E-state index < -0.39 is 0 Å². The number of H-pyrrole nitrogens is 1. The van der Waals surface area contributed by atoms with Crippen LogP contribution in [0, 0.1) is 18.3 Å². The summed E-state index contributed by atoms with van der Waals surface area (Å²) in [6.45, 7) is 3.53. The Labute approximate surface area is 105 Å². The molecule has 2 aromatic heterocycles. The molecule has 4 nitrogen and oxygen atoms in total. The highest BCUT2D eigenvalue weighted by atomic mass is 32.1. The third kappa shape index (κ3) is 2.93. The van der Waals surface area contributed by atoms with Gasteiger partial charge in [0.2, 0.25) is 0 Å². The summed E-state index contributed by atoms with van der Waals surface area (Å²) < 4.78 is 0. The zero-order valence-electron chi connectivity index (χ0n) is 9.90. The molecule has 0 aliphatic rings. The topological polar surface area (TPSA) is 55.7 Å². The summed E-state index contributed by atoms with van der Waals surface area (Å²) in [6, 6.07) is 4.08. The molecule has 88 valence electrons. The smallest absolute Gasteiger partial charge is 0.101 e. The van der Waals surface area contributed by atoms with E-state index in [4.69, 9.17) is 5.26 Å². The van der Waals surface area contributed by atoms with Crippen molar-refractivity contribution in [1.29, 1.82) is 5.26 Å². The van der Waals surface area contributed by atoms with E-state index in [0.29, 0.717) is 0 Å². The van der Waals surface area contributed by atoms with Gasteiger partial charge in [-0.3, -0.25) is 4.90 Å². The molecule has 0 aliphatic carbocycles. The molecule has 0 aromatic carbocycles. The van der Waals surface area contributed by atoms with Crippen LogP contribution < -0.4 is 0 Å². The Morgan fingerprint density at radius 2 is 2.35 bits per heavy atom. The standard InChI is InChI=1S/C12H14N4S/c1-9-10(4-13)3-11(15-9)5-16(2)6-12-7-17-8-14-12/h3,7-8,15H,5-6H2,1-2H3. The average Bonchev–Trinajstić information content (AvgIpc) is 2.88. The van der Waals surface area contributed by atoms with Crippen molar-refractivity contribution in [2.24, 2.45) is 0 Å². The third-order valence-electron chi connectivity index (χ3n) is 2.55. The number of thiazole rings is 1. The molecule has 0 bridgehead atoms. The number of hydrogen-bond donors (Lipinski definition) is 1. The normalized spacial score (nSPS) is 10.7. The lowest BCUT2D eigenvalue weighted by atomic mass is 10.2. The Bertz CT molecular complexity index is 521. The first-order chi connectivity index (χ1) is 8.19. The van der Waals surface area contributed by atoms with Gasteiger partial charge in [0.1, 0.15) is 6.07 Å². The van der Waals surface area contributed by atoms with Crippen LogP contribution in [-0.4, -0.2) is 21.9 Å². The number of aromatic nitrogens is 2. The predicted molar refractivity (Wildman–Crippen MR) is 67.5 cm³/mol. The number of nitrogens with zero attached hydrogens (tertiary/aromatic N) is 3. The summed E-state index contributed by atoms with van der Waals surface area (Å²) in [7, 11) is 2.04. The molecule has 0 saturated heterocycles. The van der Waals surface area contributed by atoms with E-state index >= 15 is 0 Å². The van der Waals surface area contributed by atoms with Crippen molar-refractivity contribution >= 4 is 11.3 Å². The minimum Gasteiger partial charge on any atom is -0.360 e. The molecule has 2 heterocycles. The second-order valence-electron chi connectivity index (χ2n) is 4.10. The molecule has 2 aromatic rings. The number of aryl methyl sites for hydroxylation is 1. The fourth-order valence-corrected chi connectivity index (χ4v) is 2.32. The van der Waals surface area contributed by atoms with Crippen molar-refractivity contribution < 1.29 is 0 Å². The molecule has 0 aliphatic heterocycles. The van der Waals surface area contributed by atoms with E-state index in [2.05, 4.69) is 26.3 Å². The first-order valence-electron chi connectivity index (χ1n) is 5.33. The summed E-state index contributed by atoms with van der Waals surface area (Å²) in [6.07, 6.45) is 0. The van der Waals surface area contributed by atoms with Gasteiger partial charge in [0.05, 0.1) is 16.8 Å². The largest absolute Gasteiger partial charge is 0.360 e. The van der Waals surface area contributed by atoms with Crippen LogP contribution in [0.5, 0.6) is 0 Å². The highest BCUT2D eigenvalue weighted by Gasteiger charge is 2.07. The second kappa shape index (κ2) is 5.13. The van der Waals surface area contributed by atoms with Crippen LogP contribution >= 0.6 is 11.3 Å². The Morgan fingerprint density at radius 1 is 1.53 bits per heavy atom. The molecule has 0 atom stereocenters. The monoisotopic (exact) mass is 246 g/mol. The lowest BCUT2D eigenvalue weighted by Gasteiger charge is -2.13. The third-order valence-corrected chi connectivity index (χ3v) is 3.18. The highest BCUT2D eigenvalue weighted by Crippen LogP contribution is 2.12. The number of nitriles is 1. The minimum atomic E-state index is 0.724. The van der Waals surface area contributed by atoms with Gasteiger partial charge in [-0.25, -0.2) is 4.98 Å². The molecule has 0 unspecified atom stereocenters. The maximum atomic E-state index is 8.88. The maximum absolute atomic E-state index is 8.88. The van der Waals surface area contributed by atoms with Crippen LogP contribution in [0.2, 0.25) is 0 Å². The fourth-order valence-electron chi connectivity index (χ4n) is 1.77. The van der Waals surface area contributed by atoms with Crippen molar-refractivity contribution in [2.75, 3.05) is 7.05 Å². The molecule has 0 amide bonds. The lowest BCUT2D eigenvalue weighted by Crippen LogP contribution is -2.17. The van der Waals surface area contributed by atoms with Gasteiger partial charge in [-0.05, 0) is 20.0 Å². The number of hydrogen-bond acceptors (Lipinski definition) is 4. The van der Waals surface area contributed by atoms with Crippen molar-refractivity contribution in [2.45, 2.75) is 20.0 Å². The van der Waals surface area contributed by atoms with Gasteiger partial charge in [-0.2, -0.15) is 5.26 Å². The molecule has 0 saturated carbocycles. The van der Waals surface area contributed by atoms with E-state index in [9.17, 15) is 0 Å². The quantitative estimate of drug-likeness (QED) is 0.900. The van der Waals surface area contributed by atoms with Crippen LogP contribution in [-0.2, 0) is 13.1 Å². The SMILES string of the molecule is Cc1[nH]c(CN(C)Cc2cscn2)cc1C#N. The average molecular weight is 246 g/mol. The summed E-state index contributed by atoms with van der Waals surface area (Å²) in [4.78, 5) is 9.64. The molecule has 5 heteroatoms. The number of rotatable bonds is 4. The zero-order valence-corrected chi connectivity index (χ0v) is 10.7. The van der Waals surface area contributed by atoms with Gasteiger partial charge in [-0.15, -0.1) is 11.3 Å². The maximum Gasteiger partial charge on any atom is 0.101 e. The molecule has 17 heavy (non-hydrogen) atoms. The first kappa shape index (κ1) is 11.8. The summed E-state index contributed by atoms with van der Waals surface area (Å²) in [5.41, 5.74) is 5.65. The van der Waals surface area contributed by atoms with Crippen LogP contribution in [0.4, 0.5) is 0 Å². The minimum absolute atomic E-state index is 0.724. The number of aromatic amines is 1. The van der Waals surface area contributed by atoms with Crippen molar-refractivity contribution in [3.8, 4) is 6.07 Å². The van der Waals surface area contributed by atoms with E-state index in [1.807, 2.05) is 25.5 Å². The molecular formula is C12H14N4S. The van der Waals surface area contributed by atoms with Crippen LogP contribution in [0.1, 0.15) is 22.6 Å². The zero-order chi connectivity index (χ0) is 12.3. The Hall–Kier alpha value is -1.64. The molecule has 1 N–H and O–H groups in total. The van der Waals surface area contributed by atoms with Gasteiger partial charge in [-0.1, -0.05) is 0 Å². The van der Waals surface area contributed by atoms with Crippen LogP contribution in [0.15, 0.2) is 17.0 Å². The van der Waals surface area contributed by atoms with E-state index in [1.165, 1.54) is 0 Å². The first-order valence-corrected chi connectivity index (χ1v) is 6.27. The second-order valence-corrected chi connectivity index (χ2v) is 4.82. The van der Waals surface area contributed by atoms with E-state index in [1.54, 1.807) is 11.3 Å². The van der Waals surface area contributed by atoms with E-state index in [-0.39, 0.29) is 0 Å². The highest BCUT2D eigenvalue weighted by molar-refractivity contribution is 7.07. The molecule has 0 spiro atoms. The van der Waals surface area contributed by atoms with Gasteiger partial charge in [0.25, 0.3) is 0 Å². The fraction of sp³-hybridized carbons (Fsp3) is 0.333. The van der Waals surface area contributed by atoms with Crippen molar-refractivity contribution in [1.82, 2.24) is 14.9 Å². The van der Waals surface area contributed by atoms with Gasteiger partial charge in [0.15, 0.2) is 0 Å². The molecular weight excluding hydrogens is 232 g/mol. The lowest BCUT2D eigenvalue weighted by molar-refractivity contribution is 0.312. The van der Waals surface area contributed by atoms with Crippen LogP contribution in [0.25, 0.3) is 0 Å². The van der Waals surface area contributed by atoms with Gasteiger partial charge < -0.3 is 4.98 Å². The Morgan fingerprint density at radius 3 is 2.94 bits per heavy atom. The summed E-state index contributed by atoms with van der Waals surface area (Å²) in [5, 5.41) is 10.9. The van der Waals surface area contributed by atoms with Crippen molar-refractivity contribution in [3.63, 3.8) is 0 Å². The van der Waals surface area contributed by atoms with Gasteiger partial charge >= 0.3 is 0 Å². The van der Waals surface area contributed by atoms with Crippen LogP contribution in [0.3, 0.4) is 0 Å². The predicted octanol–water partition coefficient (Wildman–Crippen LogP) is 2.28.